The highest BCUT2D eigenvalue weighted by Gasteiger charge is 2.16. The largest absolute Gasteiger partial charge is 0.361 e. The molecule has 4 aromatic heterocycles. The normalized spacial score (nSPS) is 11.7. The molecule has 0 atom stereocenters. The molecule has 0 aliphatic rings. The van der Waals surface area contributed by atoms with Crippen LogP contribution >= 0.6 is 11.3 Å². The SMILES string of the molecule is CCc1nn(CC(=O)NCCc2c[nH]c3ccccc23)c(=O)c2cc3sc(C)cc3n12. The molecule has 0 spiro atoms. The number of fused-ring (bicyclic) bond motifs is 4. The lowest BCUT2D eigenvalue weighted by molar-refractivity contribution is -0.121. The van der Waals surface area contributed by atoms with Crippen LogP contribution in [0.5, 0.6) is 0 Å². The first-order valence-electron chi connectivity index (χ1n) is 10.4. The maximum atomic E-state index is 13.0. The van der Waals surface area contributed by atoms with Crippen molar-refractivity contribution in [2.24, 2.45) is 0 Å². The predicted molar refractivity (Wildman–Crippen MR) is 124 cm³/mol. The summed E-state index contributed by atoms with van der Waals surface area (Å²) in [7, 11) is 0. The maximum absolute atomic E-state index is 13.0. The third-order valence-corrected chi connectivity index (χ3v) is 6.55. The molecule has 1 aromatic carbocycles. The zero-order chi connectivity index (χ0) is 21.5. The molecular weight excluding hydrogens is 410 g/mol. The van der Waals surface area contributed by atoms with E-state index in [1.807, 2.05) is 41.8 Å². The minimum Gasteiger partial charge on any atom is -0.361 e. The summed E-state index contributed by atoms with van der Waals surface area (Å²) in [6.07, 6.45) is 3.35. The molecule has 5 aromatic rings. The van der Waals surface area contributed by atoms with E-state index >= 15 is 0 Å². The fraction of sp³-hybridized carbons (Fsp3) is 0.261. The molecule has 0 aliphatic heterocycles. The first kappa shape index (κ1) is 19.6. The number of aryl methyl sites for hydroxylation is 2. The number of rotatable bonds is 6. The van der Waals surface area contributed by atoms with Crippen LogP contribution in [-0.2, 0) is 24.2 Å². The van der Waals surface area contributed by atoms with Crippen LogP contribution in [0, 0.1) is 6.92 Å². The second-order valence-corrected chi connectivity index (χ2v) is 8.95. The molecule has 0 saturated heterocycles. The van der Waals surface area contributed by atoms with E-state index in [0.29, 0.717) is 24.9 Å². The molecule has 8 heteroatoms. The number of hydrogen-bond acceptors (Lipinski definition) is 4. The number of thiophene rings is 1. The van der Waals surface area contributed by atoms with Crippen molar-refractivity contribution in [3.8, 4) is 0 Å². The summed E-state index contributed by atoms with van der Waals surface area (Å²) in [5, 5.41) is 8.58. The van der Waals surface area contributed by atoms with Crippen LogP contribution in [0.2, 0.25) is 0 Å². The van der Waals surface area contributed by atoms with Gasteiger partial charge in [-0.05, 0) is 37.1 Å². The number of H-pyrrole nitrogens is 1. The molecule has 31 heavy (non-hydrogen) atoms. The molecule has 0 unspecified atom stereocenters. The number of carbonyl (C=O) groups is 1. The summed E-state index contributed by atoms with van der Waals surface area (Å²) in [5.74, 6) is 0.555. The zero-order valence-corrected chi connectivity index (χ0v) is 18.3. The first-order chi connectivity index (χ1) is 15.0. The van der Waals surface area contributed by atoms with Gasteiger partial charge in [0.25, 0.3) is 5.56 Å². The van der Waals surface area contributed by atoms with Crippen molar-refractivity contribution in [3.05, 3.63) is 69.2 Å². The predicted octanol–water partition coefficient (Wildman–Crippen LogP) is 3.42. The number of aromatic amines is 1. The van der Waals surface area contributed by atoms with E-state index in [9.17, 15) is 9.59 Å². The number of nitrogens with zero attached hydrogens (tertiary/aromatic N) is 3. The Morgan fingerprint density at radius 2 is 2.06 bits per heavy atom. The van der Waals surface area contributed by atoms with E-state index in [0.717, 1.165) is 32.5 Å². The Labute approximate surface area is 182 Å². The monoisotopic (exact) mass is 433 g/mol. The summed E-state index contributed by atoms with van der Waals surface area (Å²) in [5.41, 5.74) is 3.57. The van der Waals surface area contributed by atoms with Crippen LogP contribution in [-0.4, -0.2) is 31.6 Å². The highest BCUT2D eigenvalue weighted by atomic mass is 32.1. The molecule has 2 N–H and O–H groups in total. The van der Waals surface area contributed by atoms with Crippen molar-refractivity contribution in [1.29, 1.82) is 0 Å². The Balaban J connectivity index is 1.34. The van der Waals surface area contributed by atoms with Crippen molar-refractivity contribution < 1.29 is 4.79 Å². The van der Waals surface area contributed by atoms with E-state index in [1.54, 1.807) is 11.3 Å². The Bertz CT molecular complexity index is 1490. The van der Waals surface area contributed by atoms with E-state index in [1.165, 1.54) is 9.56 Å². The van der Waals surface area contributed by atoms with E-state index < -0.39 is 0 Å². The van der Waals surface area contributed by atoms with Crippen LogP contribution in [0.3, 0.4) is 0 Å². The number of carbonyl (C=O) groups excluding carboxylic acids is 1. The van der Waals surface area contributed by atoms with Gasteiger partial charge in [0.05, 0.1) is 10.2 Å². The lowest BCUT2D eigenvalue weighted by Gasteiger charge is -2.10. The van der Waals surface area contributed by atoms with Crippen molar-refractivity contribution in [2.45, 2.75) is 33.2 Å². The number of benzene rings is 1. The molecule has 0 aliphatic carbocycles. The van der Waals surface area contributed by atoms with Gasteiger partial charge < -0.3 is 10.3 Å². The van der Waals surface area contributed by atoms with E-state index in [2.05, 4.69) is 34.5 Å². The summed E-state index contributed by atoms with van der Waals surface area (Å²) >= 11 is 1.66. The van der Waals surface area contributed by atoms with E-state index in [-0.39, 0.29) is 18.0 Å². The molecule has 5 rings (SSSR count). The molecule has 0 saturated carbocycles. The quantitative estimate of drug-likeness (QED) is 0.430. The summed E-state index contributed by atoms with van der Waals surface area (Å²) < 4.78 is 4.27. The second-order valence-electron chi connectivity index (χ2n) is 7.66. The molecule has 4 heterocycles. The Morgan fingerprint density at radius 1 is 1.23 bits per heavy atom. The molecule has 0 fully saturated rings. The lowest BCUT2D eigenvalue weighted by atomic mass is 10.1. The second kappa shape index (κ2) is 7.70. The Hall–Kier alpha value is -3.39. The van der Waals surface area contributed by atoms with Crippen molar-refractivity contribution in [2.75, 3.05) is 6.54 Å². The van der Waals surface area contributed by atoms with Crippen LogP contribution in [0.15, 0.2) is 47.4 Å². The average molecular weight is 434 g/mol. The van der Waals surface area contributed by atoms with Gasteiger partial charge in [0.2, 0.25) is 5.91 Å². The number of nitrogens with one attached hydrogen (secondary N) is 2. The third-order valence-electron chi connectivity index (χ3n) is 5.56. The number of hydrogen-bond donors (Lipinski definition) is 2. The fourth-order valence-electron chi connectivity index (χ4n) is 4.12. The van der Waals surface area contributed by atoms with Gasteiger partial charge in [0.1, 0.15) is 17.9 Å². The van der Waals surface area contributed by atoms with Crippen LogP contribution in [0.25, 0.3) is 26.6 Å². The van der Waals surface area contributed by atoms with Gasteiger partial charge in [-0.15, -0.1) is 11.3 Å². The molecular formula is C23H23N5O2S. The highest BCUT2D eigenvalue weighted by Crippen LogP contribution is 2.28. The zero-order valence-electron chi connectivity index (χ0n) is 17.4. The van der Waals surface area contributed by atoms with Crippen molar-refractivity contribution >= 4 is 43.9 Å². The summed E-state index contributed by atoms with van der Waals surface area (Å²) in [6, 6.07) is 12.1. The van der Waals surface area contributed by atoms with E-state index in [4.69, 9.17) is 0 Å². The van der Waals surface area contributed by atoms with Gasteiger partial charge in [0.15, 0.2) is 0 Å². The van der Waals surface area contributed by atoms with Gasteiger partial charge in [-0.2, -0.15) is 5.10 Å². The minimum absolute atomic E-state index is 0.0892. The minimum atomic E-state index is -0.245. The van der Waals surface area contributed by atoms with Crippen LogP contribution < -0.4 is 10.9 Å². The molecule has 0 radical (unpaired) electrons. The lowest BCUT2D eigenvalue weighted by Crippen LogP contribution is -2.36. The van der Waals surface area contributed by atoms with Crippen molar-refractivity contribution in [3.63, 3.8) is 0 Å². The number of aromatic nitrogens is 4. The summed E-state index contributed by atoms with van der Waals surface area (Å²) in [6.45, 7) is 4.47. The maximum Gasteiger partial charge on any atom is 0.291 e. The third kappa shape index (κ3) is 3.42. The molecule has 1 amide bonds. The molecule has 158 valence electrons. The molecule has 0 bridgehead atoms. The molecule has 7 nitrogen and oxygen atoms in total. The van der Waals surface area contributed by atoms with Crippen LogP contribution in [0.4, 0.5) is 0 Å². The van der Waals surface area contributed by atoms with Gasteiger partial charge in [-0.3, -0.25) is 14.0 Å². The van der Waals surface area contributed by atoms with Gasteiger partial charge in [-0.1, -0.05) is 25.1 Å². The first-order valence-corrected chi connectivity index (χ1v) is 11.2. The summed E-state index contributed by atoms with van der Waals surface area (Å²) in [4.78, 5) is 30.0. The van der Waals surface area contributed by atoms with Crippen molar-refractivity contribution in [1.82, 2.24) is 24.5 Å². The Kier molecular flexibility index (Phi) is 4.86. The van der Waals surface area contributed by atoms with Crippen LogP contribution in [0.1, 0.15) is 23.2 Å². The fourth-order valence-corrected chi connectivity index (χ4v) is 5.06. The smallest absolute Gasteiger partial charge is 0.291 e. The number of para-hydroxylation sites is 1. The Morgan fingerprint density at radius 3 is 2.90 bits per heavy atom. The average Bonchev–Trinajstić information content (AvgIpc) is 3.43. The van der Waals surface area contributed by atoms with Gasteiger partial charge in [-0.25, -0.2) is 4.68 Å². The number of amides is 1. The van der Waals surface area contributed by atoms with Gasteiger partial charge in [0, 0.05) is 34.9 Å². The van der Waals surface area contributed by atoms with Gasteiger partial charge >= 0.3 is 0 Å². The highest BCUT2D eigenvalue weighted by molar-refractivity contribution is 7.19. The topological polar surface area (TPSA) is 84.2 Å². The standard InChI is InChI=1S/C23H23N5O2S/c1-3-21-26-27(23(30)19-11-20-18(28(19)21)10-14(2)31-20)13-22(29)24-9-8-15-12-25-17-7-5-4-6-16(15)17/h4-7,10-12,25H,3,8-9,13H2,1-2H3,(H,24,29).